The SMILES string of the molecule is Cc1cc2c(cc1I)C(=O)c1ccccc1C2=O. The standard InChI is InChI=1S/C15H9IO2/c1-8-6-11-12(7-13(8)16)15(18)10-5-3-2-4-9(10)14(11)17/h2-7H,1H3. The summed E-state index contributed by atoms with van der Waals surface area (Å²) in [7, 11) is 0. The molecule has 0 amide bonds. The third kappa shape index (κ3) is 1.54. The van der Waals surface area contributed by atoms with Crippen molar-refractivity contribution < 1.29 is 9.59 Å². The van der Waals surface area contributed by atoms with Gasteiger partial charge in [-0.25, -0.2) is 0 Å². The van der Waals surface area contributed by atoms with E-state index in [1.165, 1.54) is 0 Å². The van der Waals surface area contributed by atoms with E-state index in [1.807, 2.05) is 13.0 Å². The largest absolute Gasteiger partial charge is 0.289 e. The molecule has 0 heterocycles. The molecule has 3 rings (SSSR count). The predicted molar refractivity (Wildman–Crippen MR) is 77.2 cm³/mol. The maximum absolute atomic E-state index is 12.4. The van der Waals surface area contributed by atoms with Crippen molar-refractivity contribution in [1.82, 2.24) is 0 Å². The fourth-order valence-corrected chi connectivity index (χ4v) is 2.69. The minimum Gasteiger partial charge on any atom is -0.289 e. The van der Waals surface area contributed by atoms with Gasteiger partial charge in [0.25, 0.3) is 0 Å². The molecule has 1 aliphatic carbocycles. The Balaban J connectivity index is 2.34. The molecule has 88 valence electrons. The highest BCUT2D eigenvalue weighted by Crippen LogP contribution is 2.29. The summed E-state index contributed by atoms with van der Waals surface area (Å²) in [5.41, 5.74) is 3.09. The second-order valence-corrected chi connectivity index (χ2v) is 5.51. The van der Waals surface area contributed by atoms with Crippen molar-refractivity contribution in [2.45, 2.75) is 6.92 Å². The minimum absolute atomic E-state index is 0.0558. The van der Waals surface area contributed by atoms with Crippen molar-refractivity contribution >= 4 is 34.2 Å². The van der Waals surface area contributed by atoms with Gasteiger partial charge in [-0.05, 0) is 47.2 Å². The molecule has 2 aromatic carbocycles. The average molecular weight is 348 g/mol. The average Bonchev–Trinajstić information content (AvgIpc) is 2.38. The Kier molecular flexibility index (Phi) is 2.59. The molecule has 18 heavy (non-hydrogen) atoms. The van der Waals surface area contributed by atoms with Crippen LogP contribution in [0.25, 0.3) is 0 Å². The second-order valence-electron chi connectivity index (χ2n) is 4.35. The Morgan fingerprint density at radius 1 is 0.833 bits per heavy atom. The molecular formula is C15H9IO2. The number of hydrogen-bond acceptors (Lipinski definition) is 2. The smallest absolute Gasteiger partial charge is 0.194 e. The molecule has 0 bridgehead atoms. The number of rotatable bonds is 0. The van der Waals surface area contributed by atoms with E-state index in [4.69, 9.17) is 0 Å². The van der Waals surface area contributed by atoms with Crippen molar-refractivity contribution in [3.05, 3.63) is 67.8 Å². The van der Waals surface area contributed by atoms with Gasteiger partial charge in [0.05, 0.1) is 0 Å². The van der Waals surface area contributed by atoms with Crippen LogP contribution in [0.4, 0.5) is 0 Å². The van der Waals surface area contributed by atoms with E-state index in [2.05, 4.69) is 22.6 Å². The van der Waals surface area contributed by atoms with Gasteiger partial charge in [0, 0.05) is 25.8 Å². The molecular weight excluding hydrogens is 339 g/mol. The number of fused-ring (bicyclic) bond motifs is 2. The molecule has 0 fully saturated rings. The van der Waals surface area contributed by atoms with E-state index in [0.717, 1.165) is 9.13 Å². The van der Waals surface area contributed by atoms with Crippen molar-refractivity contribution in [2.24, 2.45) is 0 Å². The number of carbonyl (C=O) groups is 2. The summed E-state index contributed by atoms with van der Waals surface area (Å²) < 4.78 is 1.01. The lowest BCUT2D eigenvalue weighted by Crippen LogP contribution is -2.21. The highest BCUT2D eigenvalue weighted by Gasteiger charge is 2.29. The van der Waals surface area contributed by atoms with Gasteiger partial charge in [-0.2, -0.15) is 0 Å². The molecule has 0 saturated heterocycles. The lowest BCUT2D eigenvalue weighted by molar-refractivity contribution is 0.0979. The first-order valence-corrected chi connectivity index (χ1v) is 6.66. The lowest BCUT2D eigenvalue weighted by atomic mass is 9.83. The summed E-state index contributed by atoms with van der Waals surface area (Å²) in [6.45, 7) is 1.94. The van der Waals surface area contributed by atoms with E-state index in [-0.39, 0.29) is 11.6 Å². The van der Waals surface area contributed by atoms with Gasteiger partial charge < -0.3 is 0 Å². The highest BCUT2D eigenvalue weighted by molar-refractivity contribution is 14.1. The van der Waals surface area contributed by atoms with Gasteiger partial charge in [-0.1, -0.05) is 24.3 Å². The summed E-state index contributed by atoms with van der Waals surface area (Å²) in [5, 5.41) is 0. The lowest BCUT2D eigenvalue weighted by Gasteiger charge is -2.18. The zero-order valence-electron chi connectivity index (χ0n) is 9.66. The van der Waals surface area contributed by atoms with Crippen LogP contribution in [0.5, 0.6) is 0 Å². The summed E-state index contributed by atoms with van der Waals surface area (Å²) >= 11 is 2.18. The van der Waals surface area contributed by atoms with Crippen LogP contribution in [0.1, 0.15) is 37.4 Å². The molecule has 0 atom stereocenters. The number of halogens is 1. The van der Waals surface area contributed by atoms with Crippen LogP contribution in [-0.4, -0.2) is 11.6 Å². The van der Waals surface area contributed by atoms with Gasteiger partial charge in [0.1, 0.15) is 0 Å². The third-order valence-electron chi connectivity index (χ3n) is 3.20. The van der Waals surface area contributed by atoms with Gasteiger partial charge in [-0.15, -0.1) is 0 Å². The predicted octanol–water partition coefficient (Wildman–Crippen LogP) is 3.38. The van der Waals surface area contributed by atoms with Crippen molar-refractivity contribution in [2.75, 3.05) is 0 Å². The molecule has 3 heteroatoms. The van der Waals surface area contributed by atoms with E-state index in [9.17, 15) is 9.59 Å². The number of hydrogen-bond donors (Lipinski definition) is 0. The Hall–Kier alpha value is -1.49. The van der Waals surface area contributed by atoms with Gasteiger partial charge in [0.15, 0.2) is 11.6 Å². The Bertz CT molecular complexity index is 642. The highest BCUT2D eigenvalue weighted by atomic mass is 127. The van der Waals surface area contributed by atoms with Crippen molar-refractivity contribution in [3.63, 3.8) is 0 Å². The first-order valence-electron chi connectivity index (χ1n) is 5.58. The van der Waals surface area contributed by atoms with Crippen LogP contribution < -0.4 is 0 Å². The van der Waals surface area contributed by atoms with Crippen LogP contribution in [0.2, 0.25) is 0 Å². The van der Waals surface area contributed by atoms with E-state index in [1.54, 1.807) is 30.3 Å². The summed E-state index contributed by atoms with van der Waals surface area (Å²) in [5.74, 6) is -0.113. The monoisotopic (exact) mass is 348 g/mol. The second kappa shape index (κ2) is 4.02. The molecule has 1 aliphatic rings. The van der Waals surface area contributed by atoms with Crippen LogP contribution in [0.3, 0.4) is 0 Å². The first-order chi connectivity index (χ1) is 8.59. The molecule has 2 nitrogen and oxygen atoms in total. The summed E-state index contributed by atoms with van der Waals surface area (Å²) in [6.07, 6.45) is 0. The van der Waals surface area contributed by atoms with Gasteiger partial charge in [0.2, 0.25) is 0 Å². The van der Waals surface area contributed by atoms with Crippen LogP contribution in [-0.2, 0) is 0 Å². The Morgan fingerprint density at radius 2 is 1.33 bits per heavy atom. The minimum atomic E-state index is -0.0573. The zero-order valence-corrected chi connectivity index (χ0v) is 11.8. The molecule has 0 N–H and O–H groups in total. The summed E-state index contributed by atoms with van der Waals surface area (Å²) in [6, 6.07) is 10.6. The van der Waals surface area contributed by atoms with Crippen LogP contribution in [0, 0.1) is 10.5 Å². The number of carbonyl (C=O) groups excluding carboxylic acids is 2. The number of aryl methyl sites for hydroxylation is 1. The van der Waals surface area contributed by atoms with E-state index >= 15 is 0 Å². The molecule has 0 radical (unpaired) electrons. The molecule has 2 aromatic rings. The van der Waals surface area contributed by atoms with E-state index in [0.29, 0.717) is 22.3 Å². The maximum atomic E-state index is 12.4. The number of benzene rings is 2. The Labute approximate surface area is 118 Å². The topological polar surface area (TPSA) is 34.1 Å². The summed E-state index contributed by atoms with van der Waals surface area (Å²) in [4.78, 5) is 24.7. The van der Waals surface area contributed by atoms with E-state index < -0.39 is 0 Å². The molecule has 0 spiro atoms. The normalized spacial score (nSPS) is 13.2. The molecule has 0 unspecified atom stereocenters. The maximum Gasteiger partial charge on any atom is 0.194 e. The molecule has 0 aliphatic heterocycles. The zero-order chi connectivity index (χ0) is 12.9. The fraction of sp³-hybridized carbons (Fsp3) is 0.0667. The fourth-order valence-electron chi connectivity index (χ4n) is 2.23. The quantitative estimate of drug-likeness (QED) is 0.584. The number of ketones is 2. The van der Waals surface area contributed by atoms with Crippen LogP contribution >= 0.6 is 22.6 Å². The van der Waals surface area contributed by atoms with Gasteiger partial charge >= 0.3 is 0 Å². The molecule has 0 aromatic heterocycles. The molecule has 0 saturated carbocycles. The Morgan fingerprint density at radius 3 is 1.89 bits per heavy atom. The van der Waals surface area contributed by atoms with Crippen molar-refractivity contribution in [3.8, 4) is 0 Å². The van der Waals surface area contributed by atoms with Gasteiger partial charge in [-0.3, -0.25) is 9.59 Å². The third-order valence-corrected chi connectivity index (χ3v) is 4.37. The first kappa shape index (κ1) is 11.6. The van der Waals surface area contributed by atoms with Crippen LogP contribution in [0.15, 0.2) is 36.4 Å². The van der Waals surface area contributed by atoms with Crippen molar-refractivity contribution in [1.29, 1.82) is 0 Å².